The van der Waals surface area contributed by atoms with Crippen LogP contribution in [-0.4, -0.2) is 67.6 Å². The van der Waals surface area contributed by atoms with Crippen LogP contribution < -0.4 is 0 Å². The fourth-order valence-electron chi connectivity index (χ4n) is 1.97. The first kappa shape index (κ1) is 15.9. The Balaban J connectivity index is 2.66. The van der Waals surface area contributed by atoms with Crippen molar-refractivity contribution in [3.8, 4) is 0 Å². The predicted molar refractivity (Wildman–Crippen MR) is 67.5 cm³/mol. The number of carboxylic acids is 1. The Labute approximate surface area is 112 Å². The van der Waals surface area contributed by atoms with E-state index < -0.39 is 34.3 Å². The average Bonchev–Trinajstić information content (AvgIpc) is 2.66. The van der Waals surface area contributed by atoms with Crippen LogP contribution in [0.5, 0.6) is 0 Å². The molecule has 110 valence electrons. The normalized spacial score (nSPS) is 21.2. The van der Waals surface area contributed by atoms with E-state index in [0.717, 1.165) is 11.3 Å². The molecule has 1 unspecified atom stereocenters. The van der Waals surface area contributed by atoms with E-state index in [1.165, 1.54) is 0 Å². The molecule has 1 fully saturated rings. The van der Waals surface area contributed by atoms with E-state index in [-0.39, 0.29) is 24.5 Å². The quantitative estimate of drug-likeness (QED) is 0.636. The molecule has 0 aliphatic carbocycles. The van der Waals surface area contributed by atoms with Crippen molar-refractivity contribution in [3.63, 3.8) is 0 Å². The van der Waals surface area contributed by atoms with E-state index in [1.54, 1.807) is 0 Å². The van der Waals surface area contributed by atoms with E-state index >= 15 is 0 Å². The van der Waals surface area contributed by atoms with E-state index in [9.17, 15) is 18.0 Å². The first-order valence-electron chi connectivity index (χ1n) is 6.15. The van der Waals surface area contributed by atoms with Crippen molar-refractivity contribution in [2.24, 2.45) is 0 Å². The molecular weight excluding hydrogens is 274 g/mol. The molecule has 0 aromatic rings. The Kier molecular flexibility index (Phi) is 5.74. The van der Waals surface area contributed by atoms with Gasteiger partial charge in [0, 0.05) is 12.6 Å². The Morgan fingerprint density at radius 3 is 2.58 bits per heavy atom. The molecule has 1 atom stereocenters. The number of sulfone groups is 1. The molecule has 1 heterocycles. The van der Waals surface area contributed by atoms with Crippen molar-refractivity contribution < 1.29 is 27.9 Å². The second kappa shape index (κ2) is 6.85. The molecule has 1 saturated heterocycles. The SMILES string of the molecule is CCCOCC(=O)N(CC(=O)O)C1CCS(=O)(=O)C1. The van der Waals surface area contributed by atoms with E-state index in [2.05, 4.69) is 0 Å². The molecule has 0 aromatic heterocycles. The van der Waals surface area contributed by atoms with Crippen LogP contribution in [0.4, 0.5) is 0 Å². The number of carbonyl (C=O) groups excluding carboxylic acids is 1. The standard InChI is InChI=1S/C11H19NO6S/c1-2-4-18-7-10(13)12(6-11(14)15)9-3-5-19(16,17)8-9/h9H,2-8H2,1H3,(H,14,15). The van der Waals surface area contributed by atoms with Crippen LogP contribution in [0.3, 0.4) is 0 Å². The lowest BCUT2D eigenvalue weighted by Crippen LogP contribution is -2.45. The van der Waals surface area contributed by atoms with Crippen LogP contribution in [0, 0.1) is 0 Å². The molecule has 7 nitrogen and oxygen atoms in total. The summed E-state index contributed by atoms with van der Waals surface area (Å²) in [4.78, 5) is 23.8. The summed E-state index contributed by atoms with van der Waals surface area (Å²) in [5.41, 5.74) is 0. The lowest BCUT2D eigenvalue weighted by Gasteiger charge is -2.26. The number of ether oxygens (including phenoxy) is 1. The van der Waals surface area contributed by atoms with E-state index in [1.807, 2.05) is 6.92 Å². The van der Waals surface area contributed by atoms with Crippen LogP contribution in [0.2, 0.25) is 0 Å². The largest absolute Gasteiger partial charge is 0.480 e. The molecule has 1 rings (SSSR count). The molecular formula is C11H19NO6S. The molecule has 0 saturated carbocycles. The van der Waals surface area contributed by atoms with E-state index in [4.69, 9.17) is 9.84 Å². The number of nitrogens with zero attached hydrogens (tertiary/aromatic N) is 1. The number of carbonyl (C=O) groups is 2. The van der Waals surface area contributed by atoms with Gasteiger partial charge in [-0.1, -0.05) is 6.92 Å². The number of amides is 1. The third-order valence-electron chi connectivity index (χ3n) is 2.85. The molecule has 0 spiro atoms. The third kappa shape index (κ3) is 5.15. The molecule has 0 aromatic carbocycles. The zero-order valence-electron chi connectivity index (χ0n) is 10.9. The van der Waals surface area contributed by atoms with Gasteiger partial charge >= 0.3 is 5.97 Å². The third-order valence-corrected chi connectivity index (χ3v) is 4.60. The Morgan fingerprint density at radius 1 is 1.42 bits per heavy atom. The second-order valence-electron chi connectivity index (χ2n) is 4.52. The van der Waals surface area contributed by atoms with Crippen molar-refractivity contribution in [1.29, 1.82) is 0 Å². The van der Waals surface area contributed by atoms with Crippen LogP contribution in [0.15, 0.2) is 0 Å². The average molecular weight is 293 g/mol. The van der Waals surface area contributed by atoms with Gasteiger partial charge in [-0.3, -0.25) is 9.59 Å². The fourth-order valence-corrected chi connectivity index (χ4v) is 3.71. The van der Waals surface area contributed by atoms with Gasteiger partial charge < -0.3 is 14.7 Å². The van der Waals surface area contributed by atoms with Crippen LogP contribution in [-0.2, 0) is 24.2 Å². The fraction of sp³-hybridized carbons (Fsp3) is 0.818. The summed E-state index contributed by atoms with van der Waals surface area (Å²) in [6.07, 6.45) is 1.04. The summed E-state index contributed by atoms with van der Waals surface area (Å²) >= 11 is 0. The molecule has 0 bridgehead atoms. The van der Waals surface area contributed by atoms with Gasteiger partial charge in [-0.15, -0.1) is 0 Å². The maximum atomic E-state index is 11.9. The van der Waals surface area contributed by atoms with Crippen LogP contribution in [0.1, 0.15) is 19.8 Å². The van der Waals surface area contributed by atoms with Crippen molar-refractivity contribution in [2.45, 2.75) is 25.8 Å². The van der Waals surface area contributed by atoms with Gasteiger partial charge in [-0.2, -0.15) is 0 Å². The highest BCUT2D eigenvalue weighted by Crippen LogP contribution is 2.18. The number of hydrogen-bond donors (Lipinski definition) is 1. The highest BCUT2D eigenvalue weighted by Gasteiger charge is 2.35. The minimum absolute atomic E-state index is 0.00309. The topological polar surface area (TPSA) is 101 Å². The lowest BCUT2D eigenvalue weighted by atomic mass is 10.2. The minimum atomic E-state index is -3.16. The molecule has 8 heteroatoms. The Hall–Kier alpha value is -1.15. The molecule has 0 radical (unpaired) electrons. The van der Waals surface area contributed by atoms with Crippen molar-refractivity contribution in [1.82, 2.24) is 4.90 Å². The number of aliphatic carboxylic acids is 1. The second-order valence-corrected chi connectivity index (χ2v) is 6.75. The maximum Gasteiger partial charge on any atom is 0.323 e. The molecule has 1 aliphatic rings. The van der Waals surface area contributed by atoms with Gasteiger partial charge in [0.1, 0.15) is 13.2 Å². The summed E-state index contributed by atoms with van der Waals surface area (Å²) in [6.45, 7) is 1.60. The van der Waals surface area contributed by atoms with Crippen LogP contribution in [0.25, 0.3) is 0 Å². The Bertz CT molecular complexity index is 432. The summed E-state index contributed by atoms with van der Waals surface area (Å²) < 4.78 is 27.9. The summed E-state index contributed by atoms with van der Waals surface area (Å²) in [7, 11) is -3.16. The highest BCUT2D eigenvalue weighted by molar-refractivity contribution is 7.91. The van der Waals surface area contributed by atoms with Crippen molar-refractivity contribution in [3.05, 3.63) is 0 Å². The van der Waals surface area contributed by atoms with Gasteiger partial charge in [0.2, 0.25) is 5.91 Å². The molecule has 1 N–H and O–H groups in total. The zero-order chi connectivity index (χ0) is 14.5. The summed E-state index contributed by atoms with van der Waals surface area (Å²) in [5.74, 6) is -1.80. The number of hydrogen-bond acceptors (Lipinski definition) is 5. The summed E-state index contributed by atoms with van der Waals surface area (Å²) in [6, 6.07) is -0.557. The van der Waals surface area contributed by atoms with Crippen LogP contribution >= 0.6 is 0 Å². The van der Waals surface area contributed by atoms with Gasteiger partial charge in [-0.05, 0) is 12.8 Å². The molecule has 19 heavy (non-hydrogen) atoms. The van der Waals surface area contributed by atoms with Gasteiger partial charge in [0.05, 0.1) is 11.5 Å². The van der Waals surface area contributed by atoms with Crippen molar-refractivity contribution >= 4 is 21.7 Å². The minimum Gasteiger partial charge on any atom is -0.480 e. The van der Waals surface area contributed by atoms with Gasteiger partial charge in [0.25, 0.3) is 0 Å². The molecule has 1 aliphatic heterocycles. The molecule has 1 amide bonds. The first-order chi connectivity index (χ1) is 8.85. The first-order valence-corrected chi connectivity index (χ1v) is 7.97. The number of rotatable bonds is 7. The highest BCUT2D eigenvalue weighted by atomic mass is 32.2. The smallest absolute Gasteiger partial charge is 0.323 e. The summed E-state index contributed by atoms with van der Waals surface area (Å²) in [5, 5.41) is 8.81. The zero-order valence-corrected chi connectivity index (χ0v) is 11.7. The Morgan fingerprint density at radius 2 is 2.11 bits per heavy atom. The maximum absolute atomic E-state index is 11.9. The number of carboxylic acid groups (broad SMARTS) is 1. The lowest BCUT2D eigenvalue weighted by molar-refractivity contribution is -0.148. The monoisotopic (exact) mass is 293 g/mol. The predicted octanol–water partition coefficient (Wildman–Crippen LogP) is -0.487. The van der Waals surface area contributed by atoms with Crippen molar-refractivity contribution in [2.75, 3.05) is 31.3 Å². The van der Waals surface area contributed by atoms with Gasteiger partial charge in [-0.25, -0.2) is 8.42 Å². The van der Waals surface area contributed by atoms with Gasteiger partial charge in [0.15, 0.2) is 9.84 Å². The van der Waals surface area contributed by atoms with E-state index in [0.29, 0.717) is 6.61 Å².